The fraction of sp³-hybridized carbons (Fsp3) is 0.235. The van der Waals surface area contributed by atoms with Crippen molar-refractivity contribution in [2.24, 2.45) is 0 Å². The van der Waals surface area contributed by atoms with Crippen LogP contribution in [-0.2, 0) is 11.3 Å². The lowest BCUT2D eigenvalue weighted by molar-refractivity contribution is -0.112. The maximum absolute atomic E-state index is 12.3. The van der Waals surface area contributed by atoms with Crippen LogP contribution in [0, 0.1) is 25.2 Å². The third kappa shape index (κ3) is 3.69. The standard InChI is InChI=1S/C17H17BrN4O/c1-4-22-12(3)14(11(2)21-22)9-13(10-19)17(23)20-16-8-6-5-7-15(16)18/h5-9H,4H2,1-3H3,(H,20,23)/b13-9-. The van der Waals surface area contributed by atoms with Gasteiger partial charge >= 0.3 is 0 Å². The van der Waals surface area contributed by atoms with Gasteiger partial charge in [-0.2, -0.15) is 10.4 Å². The molecule has 0 atom stereocenters. The minimum atomic E-state index is -0.442. The van der Waals surface area contributed by atoms with Crippen LogP contribution in [0.1, 0.15) is 23.9 Å². The van der Waals surface area contributed by atoms with Gasteiger partial charge in [0.05, 0.1) is 11.4 Å². The van der Waals surface area contributed by atoms with Crippen LogP contribution in [0.4, 0.5) is 5.69 Å². The maximum Gasteiger partial charge on any atom is 0.266 e. The molecule has 2 rings (SSSR count). The van der Waals surface area contributed by atoms with E-state index < -0.39 is 5.91 Å². The summed E-state index contributed by atoms with van der Waals surface area (Å²) in [6, 6.07) is 9.23. The van der Waals surface area contributed by atoms with Gasteiger partial charge in [0, 0.05) is 22.3 Å². The highest BCUT2D eigenvalue weighted by molar-refractivity contribution is 9.10. The van der Waals surface area contributed by atoms with Gasteiger partial charge in [0.25, 0.3) is 5.91 Å². The number of hydrogen-bond donors (Lipinski definition) is 1. The Bertz CT molecular complexity index is 814. The topological polar surface area (TPSA) is 70.7 Å². The molecule has 0 saturated carbocycles. The zero-order valence-corrected chi connectivity index (χ0v) is 14.8. The third-order valence-electron chi connectivity index (χ3n) is 3.51. The van der Waals surface area contributed by atoms with Gasteiger partial charge in [0.1, 0.15) is 11.6 Å². The summed E-state index contributed by atoms with van der Waals surface area (Å²) in [5.41, 5.74) is 3.21. The zero-order chi connectivity index (χ0) is 17.0. The van der Waals surface area contributed by atoms with Gasteiger partial charge in [0.15, 0.2) is 0 Å². The molecule has 1 aromatic carbocycles. The highest BCUT2D eigenvalue weighted by Gasteiger charge is 2.15. The Kier molecular flexibility index (Phi) is 5.35. The van der Waals surface area contributed by atoms with Crippen molar-refractivity contribution >= 4 is 33.6 Å². The predicted octanol–water partition coefficient (Wildman–Crippen LogP) is 3.83. The number of halogens is 1. The number of aromatic nitrogens is 2. The molecule has 2 aromatic rings. The molecule has 0 bridgehead atoms. The number of rotatable bonds is 4. The predicted molar refractivity (Wildman–Crippen MR) is 93.7 cm³/mol. The monoisotopic (exact) mass is 372 g/mol. The summed E-state index contributed by atoms with van der Waals surface area (Å²) < 4.78 is 2.61. The van der Waals surface area contributed by atoms with Crippen LogP contribution in [0.3, 0.4) is 0 Å². The Morgan fingerprint density at radius 2 is 2.13 bits per heavy atom. The fourth-order valence-corrected chi connectivity index (χ4v) is 2.66. The lowest BCUT2D eigenvalue weighted by Gasteiger charge is -2.06. The van der Waals surface area contributed by atoms with Crippen molar-refractivity contribution in [1.29, 1.82) is 5.26 Å². The largest absolute Gasteiger partial charge is 0.320 e. The van der Waals surface area contributed by atoms with Crippen molar-refractivity contribution in [3.05, 3.63) is 51.3 Å². The van der Waals surface area contributed by atoms with Crippen LogP contribution >= 0.6 is 15.9 Å². The molecule has 5 nitrogen and oxygen atoms in total. The van der Waals surface area contributed by atoms with Gasteiger partial charge in [-0.3, -0.25) is 9.48 Å². The fourth-order valence-electron chi connectivity index (χ4n) is 2.27. The molecule has 0 aliphatic heterocycles. The SMILES string of the molecule is CCn1nc(C)c(/C=C(/C#N)C(=O)Nc2ccccc2Br)c1C. The molecule has 1 heterocycles. The van der Waals surface area contributed by atoms with E-state index in [4.69, 9.17) is 0 Å². The first-order valence-electron chi connectivity index (χ1n) is 7.19. The van der Waals surface area contributed by atoms with E-state index in [1.165, 1.54) is 0 Å². The van der Waals surface area contributed by atoms with Crippen LogP contribution in [0.15, 0.2) is 34.3 Å². The summed E-state index contributed by atoms with van der Waals surface area (Å²) in [5.74, 6) is -0.442. The van der Waals surface area contributed by atoms with E-state index in [-0.39, 0.29) is 5.57 Å². The lowest BCUT2D eigenvalue weighted by atomic mass is 10.1. The number of aryl methyl sites for hydroxylation is 2. The van der Waals surface area contributed by atoms with Crippen molar-refractivity contribution in [3.8, 4) is 6.07 Å². The number of hydrogen-bond acceptors (Lipinski definition) is 3. The number of nitrogens with zero attached hydrogens (tertiary/aromatic N) is 3. The quantitative estimate of drug-likeness (QED) is 0.654. The van der Waals surface area contributed by atoms with Gasteiger partial charge in [0.2, 0.25) is 0 Å². The number of nitriles is 1. The first kappa shape index (κ1) is 17.0. The summed E-state index contributed by atoms with van der Waals surface area (Å²) in [4.78, 5) is 12.3. The molecule has 0 spiro atoms. The third-order valence-corrected chi connectivity index (χ3v) is 4.20. The van der Waals surface area contributed by atoms with Crippen molar-refractivity contribution in [1.82, 2.24) is 9.78 Å². The number of carbonyl (C=O) groups is 1. The molecule has 6 heteroatoms. The van der Waals surface area contributed by atoms with Crippen LogP contribution < -0.4 is 5.32 Å². The first-order chi connectivity index (χ1) is 11.0. The van der Waals surface area contributed by atoms with Gasteiger partial charge in [-0.25, -0.2) is 0 Å². The summed E-state index contributed by atoms with van der Waals surface area (Å²) in [5, 5.41) is 16.5. The summed E-state index contributed by atoms with van der Waals surface area (Å²) in [6.07, 6.45) is 1.59. The average molecular weight is 373 g/mol. The summed E-state index contributed by atoms with van der Waals surface area (Å²) >= 11 is 3.37. The summed E-state index contributed by atoms with van der Waals surface area (Å²) in [6.45, 7) is 6.53. The van der Waals surface area contributed by atoms with E-state index in [1.54, 1.807) is 12.1 Å². The van der Waals surface area contributed by atoms with Gasteiger partial charge < -0.3 is 5.32 Å². The van der Waals surface area contributed by atoms with Gasteiger partial charge in [-0.1, -0.05) is 12.1 Å². The molecule has 1 N–H and O–H groups in total. The Morgan fingerprint density at radius 3 is 2.70 bits per heavy atom. The van der Waals surface area contributed by atoms with Crippen LogP contribution in [-0.4, -0.2) is 15.7 Å². The normalized spacial score (nSPS) is 11.2. The van der Waals surface area contributed by atoms with E-state index >= 15 is 0 Å². The van der Waals surface area contributed by atoms with Crippen molar-refractivity contribution in [2.75, 3.05) is 5.32 Å². The number of benzene rings is 1. The molecule has 0 radical (unpaired) electrons. The second-order valence-corrected chi connectivity index (χ2v) is 5.86. The molecule has 1 amide bonds. The van der Waals surface area contributed by atoms with Crippen LogP contribution in [0.25, 0.3) is 6.08 Å². The van der Waals surface area contributed by atoms with Gasteiger partial charge in [-0.15, -0.1) is 0 Å². The van der Waals surface area contributed by atoms with Crippen LogP contribution in [0.5, 0.6) is 0 Å². The Hall–Kier alpha value is -2.39. The molecule has 0 aliphatic rings. The number of amides is 1. The van der Waals surface area contributed by atoms with E-state index in [1.807, 2.05) is 49.7 Å². The molecule has 0 saturated heterocycles. The molecular formula is C17H17BrN4O. The molecule has 0 aliphatic carbocycles. The molecule has 1 aromatic heterocycles. The lowest BCUT2D eigenvalue weighted by Crippen LogP contribution is -2.13. The molecule has 23 heavy (non-hydrogen) atoms. The van der Waals surface area contributed by atoms with E-state index in [2.05, 4.69) is 26.3 Å². The smallest absolute Gasteiger partial charge is 0.266 e. The number of anilines is 1. The van der Waals surface area contributed by atoms with E-state index in [0.717, 1.165) is 28.0 Å². The molecular weight excluding hydrogens is 356 g/mol. The summed E-state index contributed by atoms with van der Waals surface area (Å²) in [7, 11) is 0. The maximum atomic E-state index is 12.3. The minimum absolute atomic E-state index is 0.0441. The highest BCUT2D eigenvalue weighted by atomic mass is 79.9. The van der Waals surface area contributed by atoms with Gasteiger partial charge in [-0.05, 0) is 54.9 Å². The minimum Gasteiger partial charge on any atom is -0.320 e. The second-order valence-electron chi connectivity index (χ2n) is 5.00. The van der Waals surface area contributed by atoms with Crippen molar-refractivity contribution in [3.63, 3.8) is 0 Å². The molecule has 0 unspecified atom stereocenters. The van der Waals surface area contributed by atoms with Crippen molar-refractivity contribution in [2.45, 2.75) is 27.3 Å². The highest BCUT2D eigenvalue weighted by Crippen LogP contribution is 2.22. The zero-order valence-electron chi connectivity index (χ0n) is 13.2. The number of nitrogens with one attached hydrogen (secondary N) is 1. The Morgan fingerprint density at radius 1 is 1.43 bits per heavy atom. The second kappa shape index (κ2) is 7.25. The van der Waals surface area contributed by atoms with Crippen LogP contribution in [0.2, 0.25) is 0 Å². The number of para-hydroxylation sites is 1. The van der Waals surface area contributed by atoms with Crippen molar-refractivity contribution < 1.29 is 4.79 Å². The van der Waals surface area contributed by atoms with E-state index in [9.17, 15) is 10.1 Å². The Balaban J connectivity index is 2.33. The number of carbonyl (C=O) groups excluding carboxylic acids is 1. The molecule has 0 fully saturated rings. The van der Waals surface area contributed by atoms with E-state index in [0.29, 0.717) is 5.69 Å². The first-order valence-corrected chi connectivity index (χ1v) is 7.98. The average Bonchev–Trinajstić information content (AvgIpc) is 2.81. The Labute approximate surface area is 143 Å². The molecule has 118 valence electrons.